The molecule has 3 N–H and O–H groups in total. The normalized spacial score (nSPS) is 19.6. The lowest BCUT2D eigenvalue weighted by Crippen LogP contribution is -2.47. The molecule has 24 heavy (non-hydrogen) atoms. The number of piperidine rings is 1. The first-order chi connectivity index (χ1) is 11.3. The zero-order valence-corrected chi connectivity index (χ0v) is 14.1. The molecule has 1 aromatic heterocycles. The smallest absolute Gasteiger partial charge is 0.307 e. The summed E-state index contributed by atoms with van der Waals surface area (Å²) in [5, 5.41) is 9.08. The molecule has 2 aromatic rings. The van der Waals surface area contributed by atoms with Gasteiger partial charge in [-0.25, -0.2) is 4.98 Å². The van der Waals surface area contributed by atoms with Gasteiger partial charge in [0.2, 0.25) is 0 Å². The third-order valence-corrected chi connectivity index (χ3v) is 5.70. The molecule has 1 atom stereocenters. The zero-order chi connectivity index (χ0) is 17.3. The van der Waals surface area contributed by atoms with Gasteiger partial charge in [-0.1, -0.05) is 6.07 Å². The van der Waals surface area contributed by atoms with E-state index in [2.05, 4.69) is 14.7 Å². The largest absolute Gasteiger partial charge is 0.481 e. The first-order valence-electron chi connectivity index (χ1n) is 7.78. The second kappa shape index (κ2) is 6.50. The third kappa shape index (κ3) is 3.58. The van der Waals surface area contributed by atoms with Crippen LogP contribution in [0.15, 0.2) is 18.2 Å². The molecular formula is C15H20N4O4S. The van der Waals surface area contributed by atoms with Crippen LogP contribution < -0.4 is 4.72 Å². The number of aromatic amines is 1. The highest BCUT2D eigenvalue weighted by molar-refractivity contribution is 7.87. The number of fused-ring (bicyclic) bond motifs is 1. The van der Waals surface area contributed by atoms with Crippen molar-refractivity contribution in [3.63, 3.8) is 0 Å². The third-order valence-electron chi connectivity index (χ3n) is 4.18. The standard InChI is InChI=1S/C15H20N4O4S/c1-10-4-5-12-13(7-10)18-14(17-12)8-16-24(22,23)19-6-2-3-11(9-19)15(20)21/h4-5,7,11,16H,2-3,6,8-9H2,1H3,(H,17,18)(H,20,21)/t11-/m1/s1. The highest BCUT2D eigenvalue weighted by atomic mass is 32.2. The minimum Gasteiger partial charge on any atom is -0.481 e. The Morgan fingerprint density at radius 3 is 3.04 bits per heavy atom. The lowest BCUT2D eigenvalue weighted by Gasteiger charge is -2.29. The molecule has 2 heterocycles. The second-order valence-electron chi connectivity index (χ2n) is 6.07. The number of carboxylic acids is 1. The molecule has 0 radical (unpaired) electrons. The fourth-order valence-corrected chi connectivity index (χ4v) is 4.12. The molecule has 1 aromatic carbocycles. The predicted octanol–water partition coefficient (Wildman–Crippen LogP) is 1.00. The average Bonchev–Trinajstić information content (AvgIpc) is 2.95. The maximum absolute atomic E-state index is 12.4. The van der Waals surface area contributed by atoms with E-state index in [9.17, 15) is 13.2 Å². The van der Waals surface area contributed by atoms with Crippen LogP contribution in [-0.2, 0) is 21.5 Å². The predicted molar refractivity (Wildman–Crippen MR) is 88.5 cm³/mol. The molecule has 8 nitrogen and oxygen atoms in total. The molecule has 9 heteroatoms. The van der Waals surface area contributed by atoms with Crippen molar-refractivity contribution in [2.24, 2.45) is 5.92 Å². The number of hydrogen-bond acceptors (Lipinski definition) is 4. The maximum atomic E-state index is 12.4. The van der Waals surface area contributed by atoms with Crippen molar-refractivity contribution >= 4 is 27.2 Å². The number of aryl methyl sites for hydroxylation is 1. The first-order valence-corrected chi connectivity index (χ1v) is 9.22. The molecule has 3 rings (SSSR count). The van der Waals surface area contributed by atoms with Gasteiger partial charge in [-0.05, 0) is 37.5 Å². The minimum atomic E-state index is -3.73. The molecule has 0 unspecified atom stereocenters. The number of nitrogens with one attached hydrogen (secondary N) is 2. The summed E-state index contributed by atoms with van der Waals surface area (Å²) in [6.45, 7) is 2.34. The lowest BCUT2D eigenvalue weighted by molar-refractivity contribution is -0.142. The zero-order valence-electron chi connectivity index (χ0n) is 13.3. The van der Waals surface area contributed by atoms with Gasteiger partial charge in [-0.15, -0.1) is 0 Å². The van der Waals surface area contributed by atoms with E-state index in [0.29, 0.717) is 25.2 Å². The van der Waals surface area contributed by atoms with E-state index < -0.39 is 22.1 Å². The molecule has 130 valence electrons. The van der Waals surface area contributed by atoms with Gasteiger partial charge in [0.1, 0.15) is 5.82 Å². The van der Waals surface area contributed by atoms with Crippen LogP contribution >= 0.6 is 0 Å². The summed E-state index contributed by atoms with van der Waals surface area (Å²) in [7, 11) is -3.73. The van der Waals surface area contributed by atoms with Gasteiger partial charge in [0, 0.05) is 13.1 Å². The number of aliphatic carboxylic acids is 1. The van der Waals surface area contributed by atoms with Gasteiger partial charge in [0.15, 0.2) is 0 Å². The monoisotopic (exact) mass is 352 g/mol. The topological polar surface area (TPSA) is 115 Å². The Kier molecular flexibility index (Phi) is 4.57. The fourth-order valence-electron chi connectivity index (χ4n) is 2.87. The Balaban J connectivity index is 1.68. The molecule has 1 aliphatic heterocycles. The summed E-state index contributed by atoms with van der Waals surface area (Å²) < 4.78 is 28.4. The highest BCUT2D eigenvalue weighted by Gasteiger charge is 2.32. The number of nitrogens with zero attached hydrogens (tertiary/aromatic N) is 2. The van der Waals surface area contributed by atoms with E-state index in [4.69, 9.17) is 5.11 Å². The Hall–Kier alpha value is -1.97. The molecule has 0 bridgehead atoms. The van der Waals surface area contributed by atoms with Crippen molar-refractivity contribution in [2.75, 3.05) is 13.1 Å². The second-order valence-corrected chi connectivity index (χ2v) is 7.82. The number of hydrogen-bond donors (Lipinski definition) is 3. The minimum absolute atomic E-state index is 0.00396. The average molecular weight is 352 g/mol. The molecule has 0 spiro atoms. The summed E-state index contributed by atoms with van der Waals surface area (Å²) in [5.41, 5.74) is 2.72. The number of rotatable bonds is 5. The first kappa shape index (κ1) is 16.9. The molecule has 0 amide bonds. The fraction of sp³-hybridized carbons (Fsp3) is 0.467. The number of H-pyrrole nitrogens is 1. The number of imidazole rings is 1. The van der Waals surface area contributed by atoms with E-state index in [-0.39, 0.29) is 13.1 Å². The van der Waals surface area contributed by atoms with Gasteiger partial charge in [0.05, 0.1) is 23.5 Å². The van der Waals surface area contributed by atoms with Crippen LogP contribution in [0.2, 0.25) is 0 Å². The van der Waals surface area contributed by atoms with Crippen molar-refractivity contribution in [3.05, 3.63) is 29.6 Å². The van der Waals surface area contributed by atoms with Crippen LogP contribution in [-0.4, -0.2) is 46.9 Å². The van der Waals surface area contributed by atoms with E-state index in [1.54, 1.807) is 0 Å². The SMILES string of the molecule is Cc1ccc2nc(CNS(=O)(=O)N3CCC[C@@H](C(=O)O)C3)[nH]c2c1. The molecule has 1 fully saturated rings. The summed E-state index contributed by atoms with van der Waals surface area (Å²) in [5.74, 6) is -1.09. The van der Waals surface area contributed by atoms with E-state index in [1.165, 1.54) is 4.31 Å². The van der Waals surface area contributed by atoms with Crippen LogP contribution in [0.5, 0.6) is 0 Å². The summed E-state index contributed by atoms with van der Waals surface area (Å²) in [4.78, 5) is 18.5. The molecule has 0 saturated carbocycles. The Morgan fingerprint density at radius 2 is 2.29 bits per heavy atom. The lowest BCUT2D eigenvalue weighted by atomic mass is 10.0. The summed E-state index contributed by atoms with van der Waals surface area (Å²) in [6.07, 6.45) is 1.05. The Labute approximate surface area is 140 Å². The summed E-state index contributed by atoms with van der Waals surface area (Å²) in [6, 6.07) is 5.76. The summed E-state index contributed by atoms with van der Waals surface area (Å²) >= 11 is 0. The molecule has 0 aliphatic carbocycles. The van der Waals surface area contributed by atoms with Crippen LogP contribution in [0.1, 0.15) is 24.2 Å². The number of carbonyl (C=O) groups is 1. The van der Waals surface area contributed by atoms with Gasteiger partial charge < -0.3 is 10.1 Å². The Morgan fingerprint density at radius 1 is 1.50 bits per heavy atom. The maximum Gasteiger partial charge on any atom is 0.307 e. The number of aromatic nitrogens is 2. The van der Waals surface area contributed by atoms with Gasteiger partial charge in [0.25, 0.3) is 10.2 Å². The van der Waals surface area contributed by atoms with Crippen molar-refractivity contribution in [2.45, 2.75) is 26.3 Å². The van der Waals surface area contributed by atoms with E-state index in [1.807, 2.05) is 25.1 Å². The van der Waals surface area contributed by atoms with Crippen LogP contribution in [0.25, 0.3) is 11.0 Å². The number of benzene rings is 1. The molecule has 1 saturated heterocycles. The molecular weight excluding hydrogens is 332 g/mol. The number of carboxylic acid groups (broad SMARTS) is 1. The van der Waals surface area contributed by atoms with Crippen LogP contribution in [0, 0.1) is 12.8 Å². The van der Waals surface area contributed by atoms with Crippen molar-refractivity contribution < 1.29 is 18.3 Å². The highest BCUT2D eigenvalue weighted by Crippen LogP contribution is 2.19. The molecule has 1 aliphatic rings. The van der Waals surface area contributed by atoms with Crippen molar-refractivity contribution in [3.8, 4) is 0 Å². The Bertz CT molecular complexity index is 861. The van der Waals surface area contributed by atoms with Crippen LogP contribution in [0.3, 0.4) is 0 Å². The quantitative estimate of drug-likeness (QED) is 0.742. The van der Waals surface area contributed by atoms with Gasteiger partial charge in [-0.3, -0.25) is 4.79 Å². The van der Waals surface area contributed by atoms with Gasteiger partial charge >= 0.3 is 5.97 Å². The van der Waals surface area contributed by atoms with Gasteiger partial charge in [-0.2, -0.15) is 17.4 Å². The van der Waals surface area contributed by atoms with E-state index in [0.717, 1.165) is 16.6 Å². The van der Waals surface area contributed by atoms with Crippen LogP contribution in [0.4, 0.5) is 0 Å². The van der Waals surface area contributed by atoms with Crippen molar-refractivity contribution in [1.82, 2.24) is 19.0 Å². The van der Waals surface area contributed by atoms with Crippen molar-refractivity contribution in [1.29, 1.82) is 0 Å². The van der Waals surface area contributed by atoms with E-state index >= 15 is 0 Å².